The largest absolute Gasteiger partial charge is 0.465 e. The molecule has 128 heavy (non-hydrogen) atoms. The highest BCUT2D eigenvalue weighted by molar-refractivity contribution is 6.52. The molecule has 9 saturated carbocycles. The second kappa shape index (κ2) is 15.9. The van der Waals surface area contributed by atoms with Gasteiger partial charge in [0.1, 0.15) is 11.3 Å². The first kappa shape index (κ1) is 64.6. The maximum absolute atomic E-state index is 18.7. The number of ketones is 1. The monoisotopic (exact) mass is 1690 g/mol. The average molecular weight is 1690 g/mol. The second-order valence-corrected chi connectivity index (χ2v) is 43.4. The van der Waals surface area contributed by atoms with E-state index in [0.29, 0.717) is 264 Å². The predicted molar refractivity (Wildman–Crippen MR) is 442 cm³/mol. The van der Waals surface area contributed by atoms with Gasteiger partial charge in [0.05, 0.1) is 131 Å². The molecule has 11 atom stereocenters. The number of rotatable bonds is 23. The van der Waals surface area contributed by atoms with Crippen LogP contribution in [-0.2, 0) is 160 Å². The summed E-state index contributed by atoms with van der Waals surface area (Å²) in [6.45, 7) is 15.3. The van der Waals surface area contributed by atoms with Crippen molar-refractivity contribution in [3.63, 3.8) is 0 Å². The van der Waals surface area contributed by atoms with Crippen molar-refractivity contribution < 1.29 is 100 Å². The Labute approximate surface area is 722 Å². The van der Waals surface area contributed by atoms with Crippen LogP contribution in [0.25, 0.3) is 144 Å². The summed E-state index contributed by atoms with van der Waals surface area (Å²) in [6, 6.07) is 0. The van der Waals surface area contributed by atoms with E-state index in [2.05, 4.69) is 4.57 Å². The Morgan fingerprint density at radius 2 is 0.516 bits per heavy atom. The predicted octanol–water partition coefficient (Wildman–Crippen LogP) is 12.1. The van der Waals surface area contributed by atoms with Crippen LogP contribution >= 0.6 is 0 Å². The molecule has 3 heterocycles. The molecule has 32 aliphatic rings. The summed E-state index contributed by atoms with van der Waals surface area (Å²) >= 11 is 0. The molecule has 22 nitrogen and oxygen atoms in total. The third-order valence-electron chi connectivity index (χ3n) is 43.1. The number of carbonyl (C=O) groups excluding carboxylic acids is 11. The van der Waals surface area contributed by atoms with Gasteiger partial charge in [-0.15, -0.1) is 0 Å². The quantitative estimate of drug-likeness (QED) is 0.0249. The normalized spacial score (nSPS) is 36.5. The summed E-state index contributed by atoms with van der Waals surface area (Å²) in [7, 11) is 0. The van der Waals surface area contributed by atoms with Gasteiger partial charge < -0.3 is 51.9 Å². The molecule has 0 amide bonds. The van der Waals surface area contributed by atoms with Gasteiger partial charge >= 0.3 is 59.7 Å². The molecule has 41 rings (SSSR count). The fourth-order valence-corrected chi connectivity index (χ4v) is 44.2. The van der Waals surface area contributed by atoms with E-state index in [9.17, 15) is 0 Å². The average Bonchev–Trinajstić information content (AvgIpc) is 1.31. The minimum Gasteiger partial charge on any atom is -0.465 e. The van der Waals surface area contributed by atoms with E-state index >= 15 is 52.7 Å². The Hall–Kier alpha value is -12.1. The van der Waals surface area contributed by atoms with Gasteiger partial charge in [0, 0.05) is 33.7 Å². The number of ether oxygens (including phenoxy) is 10. The van der Waals surface area contributed by atoms with E-state index in [0.717, 1.165) is 57.9 Å². The topological polar surface area (TPSA) is 285 Å². The minimum absolute atomic E-state index is 0.0974. The highest BCUT2D eigenvalue weighted by Gasteiger charge is 3.19. The number of aromatic nitrogens is 1. The van der Waals surface area contributed by atoms with Crippen LogP contribution in [0, 0.1) is 50.2 Å². The first-order chi connectivity index (χ1) is 62.2. The van der Waals surface area contributed by atoms with Crippen LogP contribution in [0.4, 0.5) is 0 Å². The fourth-order valence-electron chi connectivity index (χ4n) is 44.2. The van der Waals surface area contributed by atoms with Crippen molar-refractivity contribution in [2.75, 3.05) is 66.1 Å². The lowest BCUT2D eigenvalue weighted by Crippen LogP contribution is -2.52. The van der Waals surface area contributed by atoms with Gasteiger partial charge in [0.15, 0.2) is 27.1 Å². The highest BCUT2D eigenvalue weighted by Crippen LogP contribution is 3.15. The third kappa shape index (κ3) is 3.70. The Morgan fingerprint density at radius 3 is 0.969 bits per heavy atom. The lowest BCUT2D eigenvalue weighted by Gasteiger charge is -2.56. The van der Waals surface area contributed by atoms with E-state index < -0.39 is 152 Å². The number of nitrogens with zero attached hydrogens (tertiary/aromatic N) is 1. The molecule has 8 aromatic carbocycles. The molecule has 1 aromatic heterocycles. The summed E-state index contributed by atoms with van der Waals surface area (Å²) in [6.07, 6.45) is 5.05. The maximum Gasteiger partial charge on any atom is 0.326 e. The van der Waals surface area contributed by atoms with E-state index in [1.54, 1.807) is 69.2 Å². The molecule has 9 aromatic rings. The first-order valence-corrected chi connectivity index (χ1v) is 47.4. The molecule has 4 bridgehead atoms. The zero-order chi connectivity index (χ0) is 85.0. The summed E-state index contributed by atoms with van der Waals surface area (Å²) in [5.74, 6) is -7.74. The molecule has 0 saturated heterocycles. The molecule has 2 aliphatic heterocycles. The van der Waals surface area contributed by atoms with E-state index in [1.165, 1.54) is 0 Å². The van der Waals surface area contributed by atoms with Crippen LogP contribution in [0.1, 0.15) is 225 Å². The van der Waals surface area contributed by atoms with Crippen LogP contribution in [0.3, 0.4) is 0 Å². The minimum atomic E-state index is -2.64. The van der Waals surface area contributed by atoms with E-state index in [4.69, 9.17) is 47.4 Å². The lowest BCUT2D eigenvalue weighted by molar-refractivity contribution is -0.168. The SMILES string of the molecule is CCOC(=O)C1(C(=O)OCC)C23C4=C5C6=C7c8c9c%10c%11c%12c8c(c8c%13c%14c%15c%16c(c%13%12)C%11%12C(C(=O)OCC)(C(=O)OCC)C%12%11c%12c%13c%17c%18c(c%12-%10)C9%10C(C(=O)OCC)(C(=O)OCC)C6%10c6c5c5c9c(c6-%18)C%17(CC(=O)C6%10CC%12CC(CC(C%12)C6)C%10)n6c%10c-9c9c%12c%17c%10c%10c(c-%16c%11c-%13c%106)C%156C(C(=O)OCC)(C(=O)OCC)C%176c6c-%14c-8c2c(c6-%12)C42C(C(=O)OCC)(C(=O)OCC)C592)C713. The number of hydrogen-bond donors (Lipinski definition) is 0. The third-order valence-corrected chi connectivity index (χ3v) is 43.1. The number of benzene rings is 8. The molecule has 11 unspecified atom stereocenters. The number of carbonyl (C=O) groups is 11. The van der Waals surface area contributed by atoms with Crippen molar-refractivity contribution in [3.8, 4) is 89.0 Å². The second-order valence-electron chi connectivity index (χ2n) is 43.4. The standard InChI is InChI=1S/C106H67NO21/c1-11-119-80(109)102(81(110)120-12-2)92-60-34-32-33-36-38-35(32)59-39-37(34)62(92)44-45-65-41-42-58-50-53-70-47-48(63(36)94-72(47)55-54-71-46(43(60)61(33)93(71,94)103(94,82(111)121-13-3)83(112)122-14-4)69-52-49(67(45)96(69,92)102)57(41)91(58,107(77(52)54)78(53)55)27-31(108)90-24-28-21-29(25-90)23-30(22-28)26-90)75-73(38)100-79-56-51(68(50)97(70)101(75,79)105(97,86(115)125-17-7)87(116)126-18-8)66(42)98-76(56)74(99(59,100)106(100,88(117)127-19-9)89(118)128-20-10)40(39)64(44)95(65,98)104(98,84(113)123-15-5)85(114)124-16-6/h28-30H,11-27H2,1-10H3. The number of allylic oxidation sites excluding steroid dienone is 4. The van der Waals surface area contributed by atoms with Crippen LogP contribution < -0.4 is 0 Å². The first-order valence-electron chi connectivity index (χ1n) is 47.4. The number of esters is 10. The molecule has 9 fully saturated rings. The molecular weight excluding hydrogens is 1620 g/mol. The molecule has 622 valence electrons. The number of Topliss-reactive ketones (excluding diaryl/α,β-unsaturated/α-hetero) is 1. The fraction of sp³-hybridized carbons (Fsp3) is 0.443. The Morgan fingerprint density at radius 1 is 0.250 bits per heavy atom. The summed E-state index contributed by atoms with van der Waals surface area (Å²) in [5, 5.41) is 4.05. The van der Waals surface area contributed by atoms with Crippen molar-refractivity contribution in [3.05, 3.63) is 122 Å². The summed E-state index contributed by atoms with van der Waals surface area (Å²) < 4.78 is 72.6. The lowest BCUT2D eigenvalue weighted by atomic mass is 9.48. The maximum atomic E-state index is 18.7. The molecule has 0 N–H and O–H groups in total. The van der Waals surface area contributed by atoms with Crippen LogP contribution in [-0.4, -0.2) is 136 Å². The zero-order valence-corrected chi connectivity index (χ0v) is 70.8. The van der Waals surface area contributed by atoms with Gasteiger partial charge in [0.2, 0.25) is 0 Å². The zero-order valence-electron chi connectivity index (χ0n) is 70.8. The molecular formula is C106H67NO21. The van der Waals surface area contributed by atoms with Gasteiger partial charge in [-0.2, -0.15) is 0 Å². The van der Waals surface area contributed by atoms with E-state index in [-0.39, 0.29) is 78.3 Å². The van der Waals surface area contributed by atoms with Crippen molar-refractivity contribution in [2.45, 2.75) is 174 Å². The van der Waals surface area contributed by atoms with Gasteiger partial charge in [0.25, 0.3) is 0 Å². The molecule has 22 heteroatoms. The van der Waals surface area contributed by atoms with Crippen molar-refractivity contribution in [1.29, 1.82) is 0 Å². The Balaban J connectivity index is 0.886. The Bertz CT molecular complexity index is 8500. The summed E-state index contributed by atoms with van der Waals surface area (Å²) in [4.78, 5) is 204. The van der Waals surface area contributed by atoms with Crippen molar-refractivity contribution >= 4 is 120 Å². The Kier molecular flexibility index (Phi) is 8.05. The smallest absolute Gasteiger partial charge is 0.326 e. The van der Waals surface area contributed by atoms with Gasteiger partial charge in [-0.05, 0) is 359 Å². The van der Waals surface area contributed by atoms with Gasteiger partial charge in [-0.25, -0.2) is 0 Å². The van der Waals surface area contributed by atoms with Gasteiger partial charge in [-0.1, -0.05) is 0 Å². The van der Waals surface area contributed by atoms with Crippen molar-refractivity contribution in [1.82, 2.24) is 4.57 Å². The van der Waals surface area contributed by atoms with E-state index in [1.807, 2.05) is 0 Å². The van der Waals surface area contributed by atoms with Gasteiger partial charge in [-0.3, -0.25) is 52.7 Å². The molecule has 30 aliphatic carbocycles. The molecule has 10 spiro atoms. The van der Waals surface area contributed by atoms with Crippen LogP contribution in [0.15, 0.2) is 11.1 Å². The highest BCUT2D eigenvalue weighted by atomic mass is 16.6. The molecule has 0 radical (unpaired) electrons. The van der Waals surface area contributed by atoms with Crippen LogP contribution in [0.5, 0.6) is 0 Å². The van der Waals surface area contributed by atoms with Crippen molar-refractivity contribution in [2.24, 2.45) is 50.2 Å². The van der Waals surface area contributed by atoms with Crippen LogP contribution in [0.2, 0.25) is 0 Å². The number of hydrogen-bond acceptors (Lipinski definition) is 21. The summed E-state index contributed by atoms with van der Waals surface area (Å²) in [5.41, 5.74) is -9.71.